The van der Waals surface area contributed by atoms with E-state index < -0.39 is 18.5 Å². The van der Waals surface area contributed by atoms with Gasteiger partial charge in [-0.3, -0.25) is 9.78 Å². The number of rotatable bonds is 5. The molecule has 0 amide bonds. The number of carbonyl (C=O) groups is 1. The number of hydrogen-bond acceptors (Lipinski definition) is 9. The molecule has 12 nitrogen and oxygen atoms in total. The van der Waals surface area contributed by atoms with Crippen LogP contribution in [0.4, 0.5) is 0 Å². The fourth-order valence-electron chi connectivity index (χ4n) is 7.43. The van der Waals surface area contributed by atoms with Crippen molar-refractivity contribution in [3.8, 4) is 0 Å². The average molecular weight is 1240 g/mol. The quantitative estimate of drug-likeness (QED) is 0.0822. The molecule has 3 saturated heterocycles. The van der Waals surface area contributed by atoms with E-state index >= 15 is 0 Å². The third-order valence-electron chi connectivity index (χ3n) is 11.9. The van der Waals surface area contributed by atoms with Gasteiger partial charge in [-0.15, -0.1) is 0 Å². The first-order chi connectivity index (χ1) is 24.7. The Morgan fingerprint density at radius 1 is 0.875 bits per heavy atom. The molecular formula is C40H87I2KN4O8Pt. The van der Waals surface area contributed by atoms with Gasteiger partial charge in [0.25, 0.3) is 6.47 Å². The number of hydrogen-bond donors (Lipinski definition) is 2. The number of aliphatic hydroxyl groups excluding tert-OH is 1. The second-order valence-corrected chi connectivity index (χ2v) is 16.1. The van der Waals surface area contributed by atoms with Gasteiger partial charge in [-0.1, -0.05) is 56.4 Å². The Balaban J connectivity index is -0.0000000692. The Kier molecular flexibility index (Phi) is 66.2. The van der Waals surface area contributed by atoms with Gasteiger partial charge >= 0.3 is 76.7 Å². The van der Waals surface area contributed by atoms with E-state index in [-0.39, 0.29) is 94.2 Å². The molecule has 5 N–H and O–H groups in total. The predicted octanol–water partition coefficient (Wildman–Crippen LogP) is 0.913. The van der Waals surface area contributed by atoms with Crippen LogP contribution in [0, 0.1) is 31.6 Å². The molecule has 3 aliphatic heterocycles. The van der Waals surface area contributed by atoms with Crippen LogP contribution in [-0.4, -0.2) is 112 Å². The topological polar surface area (TPSA) is 190 Å². The molecular weight excluding hydrogens is 1150 g/mol. The van der Waals surface area contributed by atoms with Gasteiger partial charge in [-0.25, -0.2) is 0 Å². The molecule has 0 saturated carbocycles. The molecule has 6 unspecified atom stereocenters. The first kappa shape index (κ1) is 75.1. The van der Waals surface area contributed by atoms with Crippen molar-refractivity contribution in [1.82, 2.24) is 10.3 Å². The van der Waals surface area contributed by atoms with Crippen molar-refractivity contribution in [2.75, 3.05) is 57.4 Å². The molecule has 0 bridgehead atoms. The molecule has 3 fully saturated rings. The van der Waals surface area contributed by atoms with Gasteiger partial charge in [0.2, 0.25) is 0 Å². The van der Waals surface area contributed by atoms with Crippen LogP contribution in [0.5, 0.6) is 0 Å². The van der Waals surface area contributed by atoms with E-state index in [1.165, 1.54) is 103 Å². The molecule has 6 atom stereocenters. The number of pyridine rings is 1. The second-order valence-electron chi connectivity index (χ2n) is 14.1. The summed E-state index contributed by atoms with van der Waals surface area (Å²) < 4.78 is 20.9. The van der Waals surface area contributed by atoms with Crippen LogP contribution in [0.1, 0.15) is 127 Å². The Morgan fingerprint density at radius 3 is 1.41 bits per heavy atom. The maximum absolute atomic E-state index is 8.64. The van der Waals surface area contributed by atoms with E-state index in [1.54, 1.807) is 0 Å². The van der Waals surface area contributed by atoms with Gasteiger partial charge in [0.1, 0.15) is 0 Å². The van der Waals surface area contributed by atoms with Crippen molar-refractivity contribution >= 4 is 29.1 Å². The summed E-state index contributed by atoms with van der Waals surface area (Å²) in [6, 6.07) is 6.52. The molecule has 0 spiro atoms. The van der Waals surface area contributed by atoms with Crippen LogP contribution in [0.2, 0.25) is 0 Å². The fourth-order valence-corrected chi connectivity index (χ4v) is 7.43. The van der Waals surface area contributed by atoms with Crippen LogP contribution in [0.3, 0.4) is 0 Å². The zero-order valence-electron chi connectivity index (χ0n) is 38.0. The van der Waals surface area contributed by atoms with Gasteiger partial charge in [-0.05, 0) is 129 Å². The molecule has 1 aromatic rings. The molecule has 4 rings (SSSR count). The van der Waals surface area contributed by atoms with Gasteiger partial charge in [-0.2, -0.15) is 0 Å². The van der Waals surface area contributed by atoms with E-state index in [0.29, 0.717) is 0 Å². The second kappa shape index (κ2) is 49.4. The summed E-state index contributed by atoms with van der Waals surface area (Å²) in [4.78, 5) is 15.3. The number of alkyl halides is 1. The summed E-state index contributed by atoms with van der Waals surface area (Å²) in [6.07, 6.45) is 10.4. The summed E-state index contributed by atoms with van der Waals surface area (Å²) >= 11 is 0.372. The van der Waals surface area contributed by atoms with Crippen molar-refractivity contribution < 1.29 is 142 Å². The summed E-state index contributed by atoms with van der Waals surface area (Å²) in [5.41, 5.74) is 2.38. The molecule has 4 heterocycles. The first-order valence-electron chi connectivity index (χ1n) is 19.6. The number of nitrogens with one attached hydrogen (secondary N) is 1. The normalized spacial score (nSPS) is 23.2. The zero-order valence-corrected chi connectivity index (χ0v) is 47.7. The SMILES string of the molecule is CC1CCCNC1C.CCI.CC[N+]1(CC)CCCC(C)C1C.CC[N+]1(CC)CCCC(C)C1C.CO.Cc1cccnc1C.O.O=CO[O-].[HH].[I-].[K+].[OH-].[O]=[Pt]=[O]. The monoisotopic (exact) mass is 1240 g/mol. The van der Waals surface area contributed by atoms with Crippen LogP contribution < -0.4 is 85.9 Å². The third-order valence-corrected chi connectivity index (χ3v) is 11.9. The van der Waals surface area contributed by atoms with Crippen molar-refractivity contribution in [3.63, 3.8) is 0 Å². The van der Waals surface area contributed by atoms with E-state index in [1.807, 2.05) is 19.2 Å². The van der Waals surface area contributed by atoms with E-state index in [2.05, 4.69) is 127 Å². The third kappa shape index (κ3) is 33.4. The molecule has 56 heavy (non-hydrogen) atoms. The number of halogens is 2. The number of likely N-dealkylation sites (tertiary alicyclic amines) is 2. The van der Waals surface area contributed by atoms with Gasteiger partial charge < -0.3 is 64.5 Å². The van der Waals surface area contributed by atoms with Crippen molar-refractivity contribution in [1.29, 1.82) is 0 Å². The van der Waals surface area contributed by atoms with Crippen LogP contribution in [0.15, 0.2) is 18.3 Å². The summed E-state index contributed by atoms with van der Waals surface area (Å²) in [6.45, 7) is 39.0. The Morgan fingerprint density at radius 2 is 1.21 bits per heavy atom. The fraction of sp³-hybridized carbons (Fsp3) is 0.850. The van der Waals surface area contributed by atoms with E-state index in [9.17, 15) is 0 Å². The predicted molar refractivity (Wildman–Crippen MR) is 227 cm³/mol. The Hall–Kier alpha value is 1.72. The molecule has 1 aromatic heterocycles. The number of carbonyl (C=O) groups excluding carboxylic acids is 1. The Labute approximate surface area is 427 Å². The van der Waals surface area contributed by atoms with Crippen molar-refractivity contribution in [3.05, 3.63) is 29.6 Å². The van der Waals surface area contributed by atoms with Gasteiger partial charge in [0, 0.05) is 38.3 Å². The van der Waals surface area contributed by atoms with Gasteiger partial charge in [0.15, 0.2) is 0 Å². The molecule has 0 radical (unpaired) electrons. The summed E-state index contributed by atoms with van der Waals surface area (Å²) in [5, 5.41) is 18.9. The average Bonchev–Trinajstić information content (AvgIpc) is 3.16. The Bertz CT molecular complexity index is 942. The molecule has 3 aliphatic rings. The first-order valence-corrected chi connectivity index (χ1v) is 23.0. The number of aromatic nitrogens is 1. The van der Waals surface area contributed by atoms with Crippen molar-refractivity contribution in [2.45, 2.75) is 147 Å². The summed E-state index contributed by atoms with van der Waals surface area (Å²) in [7, 11) is 1.00. The summed E-state index contributed by atoms with van der Waals surface area (Å²) in [5.74, 6) is 2.75. The number of piperidine rings is 3. The van der Waals surface area contributed by atoms with E-state index in [4.69, 9.17) is 22.0 Å². The van der Waals surface area contributed by atoms with Gasteiger partial charge in [0.05, 0.1) is 51.4 Å². The molecule has 340 valence electrons. The van der Waals surface area contributed by atoms with Crippen LogP contribution in [0.25, 0.3) is 0 Å². The molecule has 0 aromatic carbocycles. The number of aryl methyl sites for hydroxylation is 2. The van der Waals surface area contributed by atoms with E-state index in [0.717, 1.165) is 48.7 Å². The number of aliphatic hydroxyl groups is 1. The van der Waals surface area contributed by atoms with Crippen molar-refractivity contribution in [2.24, 2.45) is 17.8 Å². The van der Waals surface area contributed by atoms with Crippen LogP contribution in [-0.2, 0) is 35.0 Å². The molecule has 16 heteroatoms. The molecule has 0 aliphatic carbocycles. The number of quaternary nitrogens is 2. The zero-order chi connectivity index (χ0) is 41.2. The minimum absolute atomic E-state index is 0. The maximum atomic E-state index is 8.64. The standard InChI is InChI=1S/2C11H24N.C7H15N.C7H9N.C2H5I.CH2O3.CH4O.HI.K.2H2O.2O.Pt.H2/c2*1-5-12(6-2)9-7-8-10(3)11(12)4;2*1-6-4-3-5-8-7(6)2;1-2-3;2-1-4-3;1-2;;;;;;;;/h2*10-11H,5-9H2,1-4H3;6-8H,3-5H2,1-2H3;3-5H,1-2H3;2H2,1H3;1,3H;2H,1H3;1H;;2*1H2;;;;1H/q2*+1;;;;;;;+1;;;;;;/p-3. The number of nitrogens with zero attached hydrogens (tertiary/aromatic N) is 3. The van der Waals surface area contributed by atoms with Crippen LogP contribution >= 0.6 is 22.6 Å². The minimum atomic E-state index is -1.92.